The summed E-state index contributed by atoms with van der Waals surface area (Å²) < 4.78 is 11.6. The Morgan fingerprint density at radius 3 is 2.73 bits per heavy atom. The number of fused-ring (bicyclic) bond motifs is 1. The molecule has 1 aliphatic carbocycles. The molecule has 0 unspecified atom stereocenters. The van der Waals surface area contributed by atoms with Crippen LogP contribution >= 0.6 is 0 Å². The van der Waals surface area contributed by atoms with Crippen molar-refractivity contribution < 1.29 is 14.3 Å². The van der Waals surface area contributed by atoms with Crippen molar-refractivity contribution in [1.29, 1.82) is 0 Å². The third-order valence-electron chi connectivity index (χ3n) is 3.10. The molecular formula is C12H18O3. The summed E-state index contributed by atoms with van der Waals surface area (Å²) in [6.45, 7) is 9.56. The van der Waals surface area contributed by atoms with Gasteiger partial charge in [0.15, 0.2) is 5.79 Å². The summed E-state index contributed by atoms with van der Waals surface area (Å²) in [5, 5.41) is 0. The summed E-state index contributed by atoms with van der Waals surface area (Å²) in [7, 11) is 0. The number of ether oxygens (including phenoxy) is 2. The molecule has 0 N–H and O–H groups in total. The lowest BCUT2D eigenvalue weighted by atomic mass is 9.80. The first-order chi connectivity index (χ1) is 6.91. The molecule has 0 bridgehead atoms. The average Bonchev–Trinajstić information content (AvgIpc) is 2.37. The molecule has 0 spiro atoms. The van der Waals surface area contributed by atoms with Crippen LogP contribution < -0.4 is 0 Å². The zero-order chi connectivity index (χ0) is 11.2. The number of hydrogen-bond acceptors (Lipinski definition) is 3. The predicted octanol–water partition coefficient (Wildman–Crippen LogP) is 2.06. The van der Waals surface area contributed by atoms with Crippen molar-refractivity contribution in [3.05, 3.63) is 12.2 Å². The highest BCUT2D eigenvalue weighted by Crippen LogP contribution is 2.40. The predicted molar refractivity (Wildman–Crippen MR) is 56.4 cm³/mol. The normalized spacial score (nSPS) is 38.9. The molecule has 2 aliphatic rings. The van der Waals surface area contributed by atoms with Gasteiger partial charge in [-0.2, -0.15) is 0 Å². The highest BCUT2D eigenvalue weighted by Gasteiger charge is 2.49. The molecule has 84 valence electrons. The van der Waals surface area contributed by atoms with Gasteiger partial charge in [-0.3, -0.25) is 4.79 Å². The zero-order valence-corrected chi connectivity index (χ0v) is 9.58. The van der Waals surface area contributed by atoms with E-state index < -0.39 is 5.79 Å². The fourth-order valence-corrected chi connectivity index (χ4v) is 2.55. The Labute approximate surface area is 90.4 Å². The van der Waals surface area contributed by atoms with Gasteiger partial charge in [-0.05, 0) is 27.2 Å². The maximum absolute atomic E-state index is 11.8. The van der Waals surface area contributed by atoms with Crippen LogP contribution in [0.3, 0.4) is 0 Å². The van der Waals surface area contributed by atoms with Crippen molar-refractivity contribution in [2.24, 2.45) is 5.92 Å². The van der Waals surface area contributed by atoms with Gasteiger partial charge in [0, 0.05) is 6.42 Å². The minimum absolute atomic E-state index is 0.0550. The highest BCUT2D eigenvalue weighted by molar-refractivity contribution is 5.85. The Kier molecular flexibility index (Phi) is 2.47. The summed E-state index contributed by atoms with van der Waals surface area (Å²) >= 11 is 0. The van der Waals surface area contributed by atoms with E-state index in [4.69, 9.17) is 9.47 Å². The van der Waals surface area contributed by atoms with E-state index in [1.54, 1.807) is 0 Å². The fraction of sp³-hybridized carbons (Fsp3) is 0.750. The van der Waals surface area contributed by atoms with E-state index in [1.165, 1.54) is 0 Å². The fourth-order valence-electron chi connectivity index (χ4n) is 2.55. The first-order valence-electron chi connectivity index (χ1n) is 5.44. The van der Waals surface area contributed by atoms with Gasteiger partial charge in [-0.25, -0.2) is 0 Å². The van der Waals surface area contributed by atoms with Gasteiger partial charge in [0.25, 0.3) is 0 Å². The van der Waals surface area contributed by atoms with Crippen molar-refractivity contribution in [2.45, 2.75) is 51.6 Å². The van der Waals surface area contributed by atoms with Crippen LogP contribution in [-0.2, 0) is 14.3 Å². The lowest BCUT2D eigenvalue weighted by Gasteiger charge is -2.30. The van der Waals surface area contributed by atoms with E-state index in [9.17, 15) is 4.79 Å². The van der Waals surface area contributed by atoms with E-state index >= 15 is 0 Å². The molecule has 3 heteroatoms. The lowest BCUT2D eigenvalue weighted by molar-refractivity contribution is -0.149. The second kappa shape index (κ2) is 3.42. The van der Waals surface area contributed by atoms with Gasteiger partial charge in [-0.15, -0.1) is 0 Å². The van der Waals surface area contributed by atoms with Crippen molar-refractivity contribution in [2.75, 3.05) is 0 Å². The van der Waals surface area contributed by atoms with Gasteiger partial charge < -0.3 is 9.47 Å². The van der Waals surface area contributed by atoms with Crippen LogP contribution in [0.25, 0.3) is 0 Å². The topological polar surface area (TPSA) is 35.5 Å². The number of hydrogen-bond donors (Lipinski definition) is 0. The molecular weight excluding hydrogens is 192 g/mol. The minimum Gasteiger partial charge on any atom is -0.345 e. The number of carbonyl (C=O) groups is 1. The van der Waals surface area contributed by atoms with Crippen LogP contribution in [0, 0.1) is 5.92 Å². The van der Waals surface area contributed by atoms with Crippen LogP contribution in [0.1, 0.15) is 33.6 Å². The van der Waals surface area contributed by atoms with E-state index in [1.807, 2.05) is 20.8 Å². The molecule has 1 aliphatic heterocycles. The van der Waals surface area contributed by atoms with Gasteiger partial charge in [0.05, 0.1) is 12.0 Å². The quantitative estimate of drug-likeness (QED) is 0.621. The van der Waals surface area contributed by atoms with Crippen molar-refractivity contribution >= 4 is 5.78 Å². The molecule has 3 nitrogen and oxygen atoms in total. The Balaban J connectivity index is 2.24. The van der Waals surface area contributed by atoms with E-state index in [-0.39, 0.29) is 23.9 Å². The van der Waals surface area contributed by atoms with E-state index in [0.29, 0.717) is 6.42 Å². The molecule has 3 atom stereocenters. The second-order valence-corrected chi connectivity index (χ2v) is 4.97. The molecule has 0 aromatic rings. The number of rotatable bonds is 1. The van der Waals surface area contributed by atoms with E-state index in [2.05, 4.69) is 6.58 Å². The van der Waals surface area contributed by atoms with Crippen molar-refractivity contribution in [3.63, 3.8) is 0 Å². The summed E-state index contributed by atoms with van der Waals surface area (Å²) in [6, 6.07) is 0. The van der Waals surface area contributed by atoms with Crippen LogP contribution in [0.2, 0.25) is 0 Å². The molecule has 1 heterocycles. The molecule has 1 saturated carbocycles. The third kappa shape index (κ3) is 1.86. The first-order valence-corrected chi connectivity index (χ1v) is 5.44. The summed E-state index contributed by atoms with van der Waals surface area (Å²) in [5.74, 6) is -0.497. The van der Waals surface area contributed by atoms with Gasteiger partial charge >= 0.3 is 0 Å². The molecule has 15 heavy (non-hydrogen) atoms. The highest BCUT2D eigenvalue weighted by atomic mass is 16.8. The number of Topliss-reactive ketones (excluding diaryl/α,β-unsaturated/α-hetero) is 1. The van der Waals surface area contributed by atoms with Crippen molar-refractivity contribution in [3.8, 4) is 0 Å². The summed E-state index contributed by atoms with van der Waals surface area (Å²) in [6.07, 6.45) is 1.28. The lowest BCUT2D eigenvalue weighted by Crippen LogP contribution is -2.41. The zero-order valence-electron chi connectivity index (χ0n) is 9.58. The Bertz CT molecular complexity index is 306. The smallest absolute Gasteiger partial charge is 0.163 e. The standard InChI is InChI=1S/C12H18O3/c1-7(2)10-8(13)5-6-9-11(10)15-12(3,4)14-9/h9-11H,1,5-6H2,2-4H3/t9-,10-,11-/m1/s1. The third-order valence-corrected chi connectivity index (χ3v) is 3.10. The number of carbonyl (C=O) groups excluding carboxylic acids is 1. The second-order valence-electron chi connectivity index (χ2n) is 4.97. The molecule has 0 radical (unpaired) electrons. The van der Waals surface area contributed by atoms with Crippen LogP contribution in [0.4, 0.5) is 0 Å². The Morgan fingerprint density at radius 1 is 1.47 bits per heavy atom. The largest absolute Gasteiger partial charge is 0.345 e. The summed E-state index contributed by atoms with van der Waals surface area (Å²) in [5.41, 5.74) is 0.885. The Morgan fingerprint density at radius 2 is 2.13 bits per heavy atom. The Hall–Kier alpha value is -0.670. The van der Waals surface area contributed by atoms with Gasteiger partial charge in [0.1, 0.15) is 11.9 Å². The first kappa shape index (κ1) is 10.8. The number of ketones is 1. The molecule has 2 fully saturated rings. The van der Waals surface area contributed by atoms with Crippen LogP contribution in [0.15, 0.2) is 12.2 Å². The maximum atomic E-state index is 11.8. The SMILES string of the molecule is C=C(C)[C@@H]1C(=O)CC[C@H]2OC(C)(C)O[C@@H]12. The molecule has 0 amide bonds. The maximum Gasteiger partial charge on any atom is 0.163 e. The van der Waals surface area contributed by atoms with Crippen LogP contribution in [-0.4, -0.2) is 23.8 Å². The minimum atomic E-state index is -0.562. The van der Waals surface area contributed by atoms with Crippen molar-refractivity contribution in [1.82, 2.24) is 0 Å². The molecule has 0 aromatic heterocycles. The summed E-state index contributed by atoms with van der Waals surface area (Å²) in [4.78, 5) is 11.8. The molecule has 1 saturated heterocycles. The van der Waals surface area contributed by atoms with Crippen LogP contribution in [0.5, 0.6) is 0 Å². The average molecular weight is 210 g/mol. The van der Waals surface area contributed by atoms with E-state index in [0.717, 1.165) is 12.0 Å². The molecule has 2 rings (SSSR count). The monoisotopic (exact) mass is 210 g/mol. The van der Waals surface area contributed by atoms with Gasteiger partial charge in [-0.1, -0.05) is 12.2 Å². The van der Waals surface area contributed by atoms with Gasteiger partial charge in [0.2, 0.25) is 0 Å². The molecule has 0 aromatic carbocycles.